The van der Waals surface area contributed by atoms with E-state index in [1.165, 1.54) is 5.56 Å². The lowest BCUT2D eigenvalue weighted by Gasteiger charge is -2.21. The van der Waals surface area contributed by atoms with Crippen molar-refractivity contribution in [1.82, 2.24) is 24.5 Å². The first-order chi connectivity index (χ1) is 12.0. The quantitative estimate of drug-likeness (QED) is 0.717. The summed E-state index contributed by atoms with van der Waals surface area (Å²) in [4.78, 5) is 2.13. The summed E-state index contributed by atoms with van der Waals surface area (Å²) in [6.07, 6.45) is 3.12. The Morgan fingerprint density at radius 2 is 1.92 bits per heavy atom. The monoisotopic (exact) mass is 339 g/mol. The molecule has 0 saturated heterocycles. The van der Waals surface area contributed by atoms with Crippen LogP contribution in [0.25, 0.3) is 5.69 Å². The molecule has 0 bridgehead atoms. The van der Waals surface area contributed by atoms with Crippen LogP contribution < -0.4 is 0 Å². The van der Waals surface area contributed by atoms with E-state index in [-0.39, 0.29) is 0 Å². The molecular weight excluding hydrogens is 314 g/mol. The van der Waals surface area contributed by atoms with E-state index in [4.69, 9.17) is 0 Å². The highest BCUT2D eigenvalue weighted by Crippen LogP contribution is 2.19. The van der Waals surface area contributed by atoms with Crippen LogP contribution in [0.15, 0.2) is 48.8 Å². The summed E-state index contributed by atoms with van der Waals surface area (Å²) < 4.78 is 3.74. The average molecular weight is 339 g/mol. The first kappa shape index (κ1) is 17.4. The number of aliphatic hydroxyl groups is 1. The molecule has 3 aromatic rings. The SMILES string of the molecule is Cc1nn(-c2ccccc2)c(C)c1CN(C)CC(O)Cn1cccn1. The number of aryl methyl sites for hydroxylation is 1. The minimum atomic E-state index is -0.463. The number of hydrogen-bond acceptors (Lipinski definition) is 4. The molecule has 6 nitrogen and oxygen atoms in total. The van der Waals surface area contributed by atoms with Crippen LogP contribution in [0.5, 0.6) is 0 Å². The van der Waals surface area contributed by atoms with Crippen molar-refractivity contribution in [3.63, 3.8) is 0 Å². The second kappa shape index (κ2) is 7.63. The van der Waals surface area contributed by atoms with Crippen LogP contribution in [0.2, 0.25) is 0 Å². The molecule has 1 atom stereocenters. The molecule has 0 saturated carbocycles. The minimum Gasteiger partial charge on any atom is -0.390 e. The predicted octanol–water partition coefficient (Wildman–Crippen LogP) is 2.18. The molecule has 2 heterocycles. The second-order valence-corrected chi connectivity index (χ2v) is 6.48. The minimum absolute atomic E-state index is 0.463. The molecule has 0 spiro atoms. The Kier molecular flexibility index (Phi) is 5.31. The zero-order chi connectivity index (χ0) is 17.8. The van der Waals surface area contributed by atoms with E-state index in [0.717, 1.165) is 23.6 Å². The maximum absolute atomic E-state index is 10.3. The Balaban J connectivity index is 1.67. The molecule has 0 aliphatic carbocycles. The topological polar surface area (TPSA) is 59.1 Å². The number of nitrogens with zero attached hydrogens (tertiary/aromatic N) is 5. The van der Waals surface area contributed by atoms with Gasteiger partial charge in [0, 0.05) is 36.7 Å². The van der Waals surface area contributed by atoms with Crippen LogP contribution in [0, 0.1) is 13.8 Å². The summed E-state index contributed by atoms with van der Waals surface area (Å²) in [5.74, 6) is 0. The van der Waals surface area contributed by atoms with Crippen LogP contribution in [-0.2, 0) is 13.1 Å². The smallest absolute Gasteiger partial charge is 0.0862 e. The molecule has 3 rings (SSSR count). The Labute approximate surface area is 148 Å². The van der Waals surface area contributed by atoms with Crippen LogP contribution in [0.4, 0.5) is 0 Å². The van der Waals surface area contributed by atoms with Gasteiger partial charge >= 0.3 is 0 Å². The maximum atomic E-state index is 10.3. The first-order valence-electron chi connectivity index (χ1n) is 8.49. The third-order valence-corrected chi connectivity index (χ3v) is 4.35. The number of aliphatic hydroxyl groups excluding tert-OH is 1. The molecule has 0 fully saturated rings. The highest BCUT2D eigenvalue weighted by atomic mass is 16.3. The lowest BCUT2D eigenvalue weighted by molar-refractivity contribution is 0.103. The molecule has 0 aliphatic rings. The zero-order valence-corrected chi connectivity index (χ0v) is 15.0. The van der Waals surface area contributed by atoms with E-state index < -0.39 is 6.10 Å². The molecule has 0 amide bonds. The summed E-state index contributed by atoms with van der Waals surface area (Å²) in [6, 6.07) is 12.0. The van der Waals surface area contributed by atoms with Gasteiger partial charge in [0.15, 0.2) is 0 Å². The molecule has 25 heavy (non-hydrogen) atoms. The van der Waals surface area contributed by atoms with E-state index in [9.17, 15) is 5.11 Å². The second-order valence-electron chi connectivity index (χ2n) is 6.48. The highest BCUT2D eigenvalue weighted by molar-refractivity contribution is 5.36. The van der Waals surface area contributed by atoms with Gasteiger partial charge in [0.25, 0.3) is 0 Å². The number of benzene rings is 1. The van der Waals surface area contributed by atoms with Crippen molar-refractivity contribution in [2.24, 2.45) is 0 Å². The third-order valence-electron chi connectivity index (χ3n) is 4.35. The van der Waals surface area contributed by atoms with Gasteiger partial charge in [-0.15, -0.1) is 0 Å². The Morgan fingerprint density at radius 1 is 1.16 bits per heavy atom. The van der Waals surface area contributed by atoms with Gasteiger partial charge in [0.05, 0.1) is 24.0 Å². The van der Waals surface area contributed by atoms with Gasteiger partial charge in [-0.25, -0.2) is 4.68 Å². The van der Waals surface area contributed by atoms with Crippen molar-refractivity contribution in [2.75, 3.05) is 13.6 Å². The lowest BCUT2D eigenvalue weighted by Crippen LogP contribution is -2.32. The van der Waals surface area contributed by atoms with Gasteiger partial charge in [0.1, 0.15) is 0 Å². The largest absolute Gasteiger partial charge is 0.390 e. The summed E-state index contributed by atoms with van der Waals surface area (Å²) in [6.45, 7) is 5.96. The Bertz CT molecular complexity index is 795. The zero-order valence-electron chi connectivity index (χ0n) is 15.0. The normalized spacial score (nSPS) is 12.7. The van der Waals surface area contributed by atoms with E-state index in [0.29, 0.717) is 13.1 Å². The summed E-state index contributed by atoms with van der Waals surface area (Å²) in [5, 5.41) is 19.1. The van der Waals surface area contributed by atoms with Crippen molar-refractivity contribution >= 4 is 0 Å². The van der Waals surface area contributed by atoms with Crippen molar-refractivity contribution in [3.05, 3.63) is 65.7 Å². The standard InChI is InChI=1S/C19H25N5O/c1-15-19(16(2)24(21-15)17-8-5-4-6-9-17)14-22(3)12-18(25)13-23-11-7-10-20-23/h4-11,18,25H,12-14H2,1-3H3. The maximum Gasteiger partial charge on any atom is 0.0862 e. The molecule has 1 aromatic carbocycles. The molecule has 0 aliphatic heterocycles. The number of aromatic nitrogens is 4. The molecule has 132 valence electrons. The Morgan fingerprint density at radius 3 is 2.60 bits per heavy atom. The fourth-order valence-electron chi connectivity index (χ4n) is 3.10. The molecular formula is C19H25N5O. The molecule has 1 unspecified atom stereocenters. The van der Waals surface area contributed by atoms with Gasteiger partial charge in [-0.1, -0.05) is 18.2 Å². The molecule has 6 heteroatoms. The predicted molar refractivity (Wildman–Crippen MR) is 97.6 cm³/mol. The van der Waals surface area contributed by atoms with Crippen LogP contribution >= 0.6 is 0 Å². The van der Waals surface area contributed by atoms with Gasteiger partial charge in [0.2, 0.25) is 0 Å². The highest BCUT2D eigenvalue weighted by Gasteiger charge is 2.16. The van der Waals surface area contributed by atoms with Crippen molar-refractivity contribution in [2.45, 2.75) is 33.0 Å². The third kappa shape index (κ3) is 4.15. The van der Waals surface area contributed by atoms with E-state index in [1.54, 1.807) is 10.9 Å². The summed E-state index contributed by atoms with van der Waals surface area (Å²) >= 11 is 0. The summed E-state index contributed by atoms with van der Waals surface area (Å²) in [7, 11) is 2.02. The van der Waals surface area contributed by atoms with Gasteiger partial charge in [-0.3, -0.25) is 9.58 Å². The van der Waals surface area contributed by atoms with Crippen LogP contribution in [0.1, 0.15) is 17.0 Å². The lowest BCUT2D eigenvalue weighted by atomic mass is 10.1. The van der Waals surface area contributed by atoms with Crippen molar-refractivity contribution < 1.29 is 5.11 Å². The fraction of sp³-hybridized carbons (Fsp3) is 0.368. The Hall–Kier alpha value is -2.44. The molecule has 2 aromatic heterocycles. The van der Waals surface area contributed by atoms with Crippen molar-refractivity contribution in [1.29, 1.82) is 0 Å². The molecule has 0 radical (unpaired) electrons. The number of para-hydroxylation sites is 1. The van der Waals surface area contributed by atoms with Crippen LogP contribution in [0.3, 0.4) is 0 Å². The number of likely N-dealkylation sites (N-methyl/N-ethyl adjacent to an activating group) is 1. The van der Waals surface area contributed by atoms with E-state index >= 15 is 0 Å². The number of rotatable bonds is 7. The summed E-state index contributed by atoms with van der Waals surface area (Å²) in [5.41, 5.74) is 4.43. The van der Waals surface area contributed by atoms with E-state index in [1.807, 2.05) is 49.1 Å². The van der Waals surface area contributed by atoms with Crippen LogP contribution in [-0.4, -0.2) is 49.3 Å². The average Bonchev–Trinajstić information content (AvgIpc) is 3.19. The number of hydrogen-bond donors (Lipinski definition) is 1. The van der Waals surface area contributed by atoms with E-state index in [2.05, 4.69) is 34.2 Å². The molecule has 1 N–H and O–H groups in total. The first-order valence-corrected chi connectivity index (χ1v) is 8.49. The van der Waals surface area contributed by atoms with Gasteiger partial charge in [-0.2, -0.15) is 10.2 Å². The van der Waals surface area contributed by atoms with Crippen molar-refractivity contribution in [3.8, 4) is 5.69 Å². The van der Waals surface area contributed by atoms with Gasteiger partial charge < -0.3 is 5.11 Å². The fourth-order valence-corrected chi connectivity index (χ4v) is 3.10. The van der Waals surface area contributed by atoms with Gasteiger partial charge in [-0.05, 0) is 39.1 Å².